The van der Waals surface area contributed by atoms with Crippen LogP contribution in [0.15, 0.2) is 61.1 Å². The molecule has 1 aliphatic rings. The zero-order chi connectivity index (χ0) is 25.1. The summed E-state index contributed by atoms with van der Waals surface area (Å²) >= 11 is 6.52. The molecule has 1 fully saturated rings. The molecule has 2 aromatic carbocycles. The minimum atomic E-state index is -0.231. The van der Waals surface area contributed by atoms with E-state index in [9.17, 15) is 9.90 Å². The number of aromatic amines is 1. The second kappa shape index (κ2) is 10.7. The van der Waals surface area contributed by atoms with E-state index in [2.05, 4.69) is 25.2 Å². The third kappa shape index (κ3) is 4.93. The van der Waals surface area contributed by atoms with E-state index in [1.807, 2.05) is 37.4 Å². The minimum Gasteiger partial charge on any atom is -0.457 e. The molecule has 1 saturated heterocycles. The predicted octanol–water partition coefficient (Wildman–Crippen LogP) is 4.89. The number of benzene rings is 2. The molecule has 0 radical (unpaired) electrons. The molecule has 36 heavy (non-hydrogen) atoms. The van der Waals surface area contributed by atoms with Crippen LogP contribution >= 0.6 is 11.6 Å². The third-order valence-corrected chi connectivity index (χ3v) is 7.13. The Kier molecular flexibility index (Phi) is 7.18. The van der Waals surface area contributed by atoms with Gasteiger partial charge in [-0.3, -0.25) is 9.69 Å². The number of aromatic nitrogens is 3. The number of H-pyrrole nitrogens is 1. The molecular formula is C27H28ClN5O3. The number of para-hydroxylation sites is 1. The quantitative estimate of drug-likeness (QED) is 0.293. The van der Waals surface area contributed by atoms with Crippen LogP contribution in [-0.4, -0.2) is 63.0 Å². The molecule has 8 nitrogen and oxygen atoms in total. The Morgan fingerprint density at radius 3 is 2.72 bits per heavy atom. The number of hydrogen-bond acceptors (Lipinski definition) is 7. The Labute approximate surface area is 214 Å². The summed E-state index contributed by atoms with van der Waals surface area (Å²) in [6.07, 6.45) is 6.20. The fourth-order valence-electron chi connectivity index (χ4n) is 4.76. The average molecular weight is 506 g/mol. The number of carbonyl (C=O) groups is 1. The molecule has 1 aliphatic heterocycles. The average Bonchev–Trinajstić information content (AvgIpc) is 3.33. The molecule has 186 valence electrons. The molecule has 0 saturated carbocycles. The number of likely N-dealkylation sites (tertiary alicyclic amines) is 1. The molecule has 3 heterocycles. The van der Waals surface area contributed by atoms with Gasteiger partial charge in [-0.25, -0.2) is 9.97 Å². The van der Waals surface area contributed by atoms with E-state index in [0.29, 0.717) is 51.0 Å². The summed E-state index contributed by atoms with van der Waals surface area (Å²) in [5, 5.41) is 14.0. The molecule has 3 N–H and O–H groups in total. The Morgan fingerprint density at radius 1 is 1.14 bits per heavy atom. The Bertz CT molecular complexity index is 1360. The van der Waals surface area contributed by atoms with Crippen molar-refractivity contribution >= 4 is 34.2 Å². The van der Waals surface area contributed by atoms with Crippen LogP contribution in [0.1, 0.15) is 35.2 Å². The van der Waals surface area contributed by atoms with Crippen LogP contribution in [-0.2, 0) is 0 Å². The zero-order valence-corrected chi connectivity index (χ0v) is 20.7. The first-order valence-corrected chi connectivity index (χ1v) is 12.4. The highest BCUT2D eigenvalue weighted by molar-refractivity contribution is 6.35. The Hall–Kier alpha value is -3.46. The Balaban J connectivity index is 1.38. The molecule has 2 aromatic heterocycles. The number of ketones is 1. The summed E-state index contributed by atoms with van der Waals surface area (Å²) in [5.41, 5.74) is 1.38. The molecule has 9 heteroatoms. The maximum atomic E-state index is 13.5. The molecule has 0 aliphatic carbocycles. The van der Waals surface area contributed by atoms with Crippen LogP contribution in [0.3, 0.4) is 0 Å². The number of hydrogen-bond donors (Lipinski definition) is 3. The van der Waals surface area contributed by atoms with E-state index in [1.54, 1.807) is 24.4 Å². The fraction of sp³-hybridized carbons (Fsp3) is 0.296. The van der Waals surface area contributed by atoms with Crippen LogP contribution < -0.4 is 10.1 Å². The van der Waals surface area contributed by atoms with E-state index < -0.39 is 0 Å². The summed E-state index contributed by atoms with van der Waals surface area (Å²) in [4.78, 5) is 27.6. The van der Waals surface area contributed by atoms with Gasteiger partial charge < -0.3 is 20.1 Å². The molecule has 0 spiro atoms. The van der Waals surface area contributed by atoms with Crippen molar-refractivity contribution in [3.63, 3.8) is 0 Å². The lowest BCUT2D eigenvalue weighted by molar-refractivity contribution is 0.0734. The van der Waals surface area contributed by atoms with Crippen LogP contribution in [0.5, 0.6) is 11.5 Å². The summed E-state index contributed by atoms with van der Waals surface area (Å²) in [5.74, 6) is 1.59. The first kappa shape index (κ1) is 24.2. The van der Waals surface area contributed by atoms with Gasteiger partial charge in [-0.1, -0.05) is 36.2 Å². The number of piperidine rings is 1. The lowest BCUT2D eigenvalue weighted by Crippen LogP contribution is -2.48. The maximum absolute atomic E-state index is 13.5. The predicted molar refractivity (Wildman–Crippen MR) is 140 cm³/mol. The minimum absolute atomic E-state index is 0.150. The number of rotatable bonds is 8. The van der Waals surface area contributed by atoms with Crippen LogP contribution in [0.4, 0.5) is 5.82 Å². The van der Waals surface area contributed by atoms with E-state index in [4.69, 9.17) is 16.3 Å². The number of fused-ring (bicyclic) bond motifs is 1. The van der Waals surface area contributed by atoms with Crippen molar-refractivity contribution in [2.75, 3.05) is 25.5 Å². The van der Waals surface area contributed by atoms with E-state index >= 15 is 0 Å². The van der Waals surface area contributed by atoms with Gasteiger partial charge in [-0.15, -0.1) is 0 Å². The number of nitrogens with one attached hydrogen (secondary N) is 2. The lowest BCUT2D eigenvalue weighted by atomic mass is 9.96. The monoisotopic (exact) mass is 505 g/mol. The first-order chi connectivity index (χ1) is 17.5. The number of carbonyl (C=O) groups excluding carboxylic acids is 1. The zero-order valence-electron chi connectivity index (χ0n) is 19.9. The summed E-state index contributed by atoms with van der Waals surface area (Å²) in [7, 11) is 2.04. The van der Waals surface area contributed by atoms with Gasteiger partial charge in [-0.2, -0.15) is 0 Å². The van der Waals surface area contributed by atoms with Crippen molar-refractivity contribution in [1.29, 1.82) is 0 Å². The molecule has 0 unspecified atom stereocenters. The van der Waals surface area contributed by atoms with Crippen molar-refractivity contribution in [2.24, 2.45) is 0 Å². The highest BCUT2D eigenvalue weighted by Crippen LogP contribution is 2.31. The van der Waals surface area contributed by atoms with Crippen molar-refractivity contribution < 1.29 is 14.6 Å². The standard InChI is InChI=1S/C27H28ClN5O3/c1-33-17(6-5-7-18(33)15-34)13-29-26-24-22(14-30-27(24)32-16-31-26)25(35)21-11-10-20(12-23(21)28)36-19-8-3-2-4-9-19/h2-4,8-12,14,16-18,34H,5-7,13,15H2,1H3,(H2,29,30,31,32)/t17-,18+/m1/s1. The second-order valence-electron chi connectivity index (χ2n) is 9.00. The van der Waals surface area contributed by atoms with Crippen molar-refractivity contribution in [2.45, 2.75) is 31.3 Å². The highest BCUT2D eigenvalue weighted by atomic mass is 35.5. The maximum Gasteiger partial charge on any atom is 0.196 e. The number of aliphatic hydroxyl groups excluding tert-OH is 1. The van der Waals surface area contributed by atoms with Gasteiger partial charge in [0.05, 0.1) is 22.6 Å². The summed E-state index contributed by atoms with van der Waals surface area (Å²) in [6, 6.07) is 14.8. The van der Waals surface area contributed by atoms with Crippen molar-refractivity contribution in [3.8, 4) is 11.5 Å². The number of ether oxygens (including phenoxy) is 1. The van der Waals surface area contributed by atoms with Gasteiger partial charge in [-0.05, 0) is 44.2 Å². The van der Waals surface area contributed by atoms with Crippen molar-refractivity contribution in [1.82, 2.24) is 19.9 Å². The van der Waals surface area contributed by atoms with Gasteiger partial charge in [0.15, 0.2) is 5.78 Å². The number of nitrogens with zero attached hydrogens (tertiary/aromatic N) is 3. The number of likely N-dealkylation sites (N-methyl/N-ethyl adjacent to an activating group) is 1. The molecule has 0 amide bonds. The molecule has 4 aromatic rings. The van der Waals surface area contributed by atoms with E-state index in [0.717, 1.165) is 19.3 Å². The molecule has 0 bridgehead atoms. The van der Waals surface area contributed by atoms with Gasteiger partial charge in [0.25, 0.3) is 0 Å². The SMILES string of the molecule is CN1[C@H](CO)CCC[C@@H]1CNc1ncnc2[nH]cc(C(=O)c3ccc(Oc4ccccc4)cc3Cl)c12. The van der Waals surface area contributed by atoms with Gasteiger partial charge in [0.2, 0.25) is 0 Å². The molecular weight excluding hydrogens is 478 g/mol. The summed E-state index contributed by atoms with van der Waals surface area (Å²) < 4.78 is 5.84. The second-order valence-corrected chi connectivity index (χ2v) is 9.41. The van der Waals surface area contributed by atoms with Crippen LogP contribution in [0.2, 0.25) is 5.02 Å². The van der Waals surface area contributed by atoms with Crippen molar-refractivity contribution in [3.05, 3.63) is 77.2 Å². The Morgan fingerprint density at radius 2 is 1.94 bits per heavy atom. The normalized spacial score (nSPS) is 18.3. The van der Waals surface area contributed by atoms with E-state index in [1.165, 1.54) is 6.33 Å². The number of anilines is 1. The van der Waals surface area contributed by atoms with Crippen LogP contribution in [0.25, 0.3) is 11.0 Å². The van der Waals surface area contributed by atoms with Crippen LogP contribution in [0, 0.1) is 0 Å². The lowest BCUT2D eigenvalue weighted by Gasteiger charge is -2.38. The number of aliphatic hydroxyl groups is 1. The molecule has 2 atom stereocenters. The first-order valence-electron chi connectivity index (χ1n) is 12.0. The topological polar surface area (TPSA) is 103 Å². The third-order valence-electron chi connectivity index (χ3n) is 6.82. The highest BCUT2D eigenvalue weighted by Gasteiger charge is 2.27. The van der Waals surface area contributed by atoms with Gasteiger partial charge in [0, 0.05) is 36.5 Å². The fourth-order valence-corrected chi connectivity index (χ4v) is 5.02. The van der Waals surface area contributed by atoms with Gasteiger partial charge in [0.1, 0.15) is 29.3 Å². The molecule has 5 rings (SSSR count). The summed E-state index contributed by atoms with van der Waals surface area (Å²) in [6.45, 7) is 0.793. The largest absolute Gasteiger partial charge is 0.457 e. The number of halogens is 1. The van der Waals surface area contributed by atoms with E-state index in [-0.39, 0.29) is 24.5 Å². The van der Waals surface area contributed by atoms with Gasteiger partial charge >= 0.3 is 0 Å². The smallest absolute Gasteiger partial charge is 0.196 e.